The molecule has 0 fully saturated rings. The molecule has 1 heterocycles. The van der Waals surface area contributed by atoms with E-state index in [2.05, 4.69) is 11.9 Å². The van der Waals surface area contributed by atoms with Gasteiger partial charge in [0.05, 0.1) is 12.1 Å². The summed E-state index contributed by atoms with van der Waals surface area (Å²) >= 11 is 0. The molecule has 0 spiro atoms. The summed E-state index contributed by atoms with van der Waals surface area (Å²) in [5.74, 6) is 5.02. The van der Waals surface area contributed by atoms with Gasteiger partial charge in [0.25, 0.3) is 5.91 Å². The third-order valence-corrected chi connectivity index (χ3v) is 3.49. The molecule has 2 N–H and O–H groups in total. The summed E-state index contributed by atoms with van der Waals surface area (Å²) in [5, 5.41) is 0.801. The number of nitrogens with zero attached hydrogens (tertiary/aromatic N) is 2. The molecule has 124 valence electrons. The Morgan fingerprint density at radius 2 is 1.82 bits per heavy atom. The first-order valence-electron chi connectivity index (χ1n) is 8.06. The van der Waals surface area contributed by atoms with E-state index < -0.39 is 5.91 Å². The van der Waals surface area contributed by atoms with Crippen LogP contribution >= 0.6 is 0 Å². The molecule has 0 bridgehead atoms. The summed E-state index contributed by atoms with van der Waals surface area (Å²) in [6.45, 7) is 3.92. The highest BCUT2D eigenvalue weighted by atomic mass is 16.4. The van der Waals surface area contributed by atoms with Crippen molar-refractivity contribution in [3.63, 3.8) is 0 Å². The highest BCUT2D eigenvalue weighted by Crippen LogP contribution is 2.12. The van der Waals surface area contributed by atoms with Crippen molar-refractivity contribution in [3.05, 3.63) is 12.0 Å². The zero-order valence-electron chi connectivity index (χ0n) is 13.6. The molecule has 6 heteroatoms. The second kappa shape index (κ2) is 10.1. The zero-order chi connectivity index (χ0) is 16.4. The van der Waals surface area contributed by atoms with Gasteiger partial charge in [-0.3, -0.25) is 9.59 Å². The van der Waals surface area contributed by atoms with Crippen LogP contribution in [0.15, 0.2) is 10.7 Å². The van der Waals surface area contributed by atoms with Crippen molar-refractivity contribution in [2.45, 2.75) is 71.6 Å². The van der Waals surface area contributed by atoms with Crippen molar-refractivity contribution in [3.8, 4) is 0 Å². The molecular weight excluding hydrogens is 282 g/mol. The van der Waals surface area contributed by atoms with Crippen LogP contribution in [-0.4, -0.2) is 16.7 Å². The normalized spacial score (nSPS) is 10.7. The van der Waals surface area contributed by atoms with Gasteiger partial charge in [0.2, 0.25) is 0 Å². The number of nitrogens with two attached hydrogens (primary N) is 1. The molecule has 0 aromatic carbocycles. The number of hydrogen-bond donors (Lipinski definition) is 1. The van der Waals surface area contributed by atoms with E-state index in [0.29, 0.717) is 12.1 Å². The Morgan fingerprint density at radius 3 is 2.41 bits per heavy atom. The van der Waals surface area contributed by atoms with Crippen molar-refractivity contribution in [2.24, 2.45) is 5.84 Å². The lowest BCUT2D eigenvalue weighted by Crippen LogP contribution is -2.38. The summed E-state index contributed by atoms with van der Waals surface area (Å²) in [5.41, 5.74) is 0.632. The highest BCUT2D eigenvalue weighted by Gasteiger charge is 2.19. The number of hydrogen-bond acceptors (Lipinski definition) is 5. The quantitative estimate of drug-likeness (QED) is 0.223. The molecule has 0 atom stereocenters. The van der Waals surface area contributed by atoms with Crippen molar-refractivity contribution < 1.29 is 14.0 Å². The highest BCUT2D eigenvalue weighted by molar-refractivity contribution is 6.04. The lowest BCUT2D eigenvalue weighted by Gasteiger charge is -2.11. The van der Waals surface area contributed by atoms with Gasteiger partial charge in [-0.15, -0.1) is 0 Å². The minimum atomic E-state index is -0.491. The Labute approximate surface area is 132 Å². The van der Waals surface area contributed by atoms with Gasteiger partial charge in [0.1, 0.15) is 12.0 Å². The standard InChI is InChI=1S/C16H27N3O3/c1-3-4-5-6-7-8-9-10-14(20)11-15(21)19(17)16-18-13(2)12-22-16/h12H,3-11,17H2,1-2H3. The Bertz CT molecular complexity index is 471. The zero-order valence-corrected chi connectivity index (χ0v) is 13.6. The molecular formula is C16H27N3O3. The maximum Gasteiger partial charge on any atom is 0.319 e. The monoisotopic (exact) mass is 309 g/mol. The fourth-order valence-electron chi connectivity index (χ4n) is 2.18. The fraction of sp³-hybridized carbons (Fsp3) is 0.688. The number of oxazole rings is 1. The number of anilines is 1. The van der Waals surface area contributed by atoms with Crippen LogP contribution in [0.2, 0.25) is 0 Å². The molecule has 1 rings (SSSR count). The lowest BCUT2D eigenvalue weighted by molar-refractivity contribution is -0.126. The summed E-state index contributed by atoms with van der Waals surface area (Å²) in [6, 6.07) is 0.0197. The third kappa shape index (κ3) is 6.85. The molecule has 0 radical (unpaired) electrons. The Hall–Kier alpha value is -1.69. The first-order chi connectivity index (χ1) is 10.5. The first-order valence-corrected chi connectivity index (χ1v) is 8.06. The molecule has 0 aliphatic rings. The van der Waals surface area contributed by atoms with Gasteiger partial charge in [-0.25, -0.2) is 5.84 Å². The van der Waals surface area contributed by atoms with Crippen LogP contribution in [0.5, 0.6) is 0 Å². The summed E-state index contributed by atoms with van der Waals surface area (Å²) in [7, 11) is 0. The Kier molecular flexibility index (Phi) is 8.43. The second-order valence-electron chi connectivity index (χ2n) is 5.62. The lowest BCUT2D eigenvalue weighted by atomic mass is 10.1. The summed E-state index contributed by atoms with van der Waals surface area (Å²) in [4.78, 5) is 27.6. The van der Waals surface area contributed by atoms with E-state index in [4.69, 9.17) is 10.3 Å². The SMILES string of the molecule is CCCCCCCCCC(=O)CC(=O)N(N)c1nc(C)co1. The van der Waals surface area contributed by atoms with Gasteiger partial charge in [-0.05, 0) is 13.3 Å². The number of rotatable bonds is 11. The van der Waals surface area contributed by atoms with E-state index in [1.54, 1.807) is 6.92 Å². The minimum Gasteiger partial charge on any atom is -0.431 e. The number of amides is 1. The maximum absolute atomic E-state index is 11.9. The smallest absolute Gasteiger partial charge is 0.319 e. The minimum absolute atomic E-state index is 0.0197. The van der Waals surface area contributed by atoms with Crippen molar-refractivity contribution >= 4 is 17.7 Å². The van der Waals surface area contributed by atoms with E-state index in [-0.39, 0.29) is 18.2 Å². The van der Waals surface area contributed by atoms with E-state index in [1.807, 2.05) is 0 Å². The van der Waals surface area contributed by atoms with Crippen molar-refractivity contribution in [1.29, 1.82) is 0 Å². The molecule has 1 aromatic rings. The molecule has 1 amide bonds. The largest absolute Gasteiger partial charge is 0.431 e. The van der Waals surface area contributed by atoms with Crippen LogP contribution in [0.4, 0.5) is 6.01 Å². The molecule has 0 saturated carbocycles. The number of ketones is 1. The van der Waals surface area contributed by atoms with Gasteiger partial charge in [-0.1, -0.05) is 45.4 Å². The van der Waals surface area contributed by atoms with Crippen LogP contribution in [0.1, 0.15) is 70.4 Å². The van der Waals surface area contributed by atoms with Crippen molar-refractivity contribution in [2.75, 3.05) is 5.01 Å². The van der Waals surface area contributed by atoms with E-state index >= 15 is 0 Å². The van der Waals surface area contributed by atoms with Crippen LogP contribution in [-0.2, 0) is 9.59 Å². The van der Waals surface area contributed by atoms with Gasteiger partial charge < -0.3 is 4.42 Å². The molecule has 0 aliphatic heterocycles. The maximum atomic E-state index is 11.9. The van der Waals surface area contributed by atoms with E-state index in [1.165, 1.54) is 31.9 Å². The van der Waals surface area contributed by atoms with Crippen molar-refractivity contribution in [1.82, 2.24) is 4.98 Å². The number of unbranched alkanes of at least 4 members (excludes halogenated alkanes) is 6. The molecule has 0 aliphatic carbocycles. The fourth-order valence-corrected chi connectivity index (χ4v) is 2.18. The van der Waals surface area contributed by atoms with Crippen LogP contribution < -0.4 is 10.9 Å². The first kappa shape index (κ1) is 18.4. The topological polar surface area (TPSA) is 89.4 Å². The van der Waals surface area contributed by atoms with Gasteiger partial charge in [0, 0.05) is 6.42 Å². The number of aromatic nitrogens is 1. The predicted octanol–water partition coefficient (Wildman–Crippen LogP) is 3.29. The average Bonchev–Trinajstić information content (AvgIpc) is 2.92. The molecule has 6 nitrogen and oxygen atoms in total. The number of aryl methyl sites for hydroxylation is 1. The van der Waals surface area contributed by atoms with E-state index in [9.17, 15) is 9.59 Å². The van der Waals surface area contributed by atoms with Gasteiger partial charge >= 0.3 is 6.01 Å². The number of carbonyl (C=O) groups excluding carboxylic acids is 2. The van der Waals surface area contributed by atoms with Gasteiger partial charge in [-0.2, -0.15) is 9.99 Å². The molecule has 0 unspecified atom stereocenters. The van der Waals surface area contributed by atoms with E-state index in [0.717, 1.165) is 24.3 Å². The van der Waals surface area contributed by atoms with Gasteiger partial charge in [0.15, 0.2) is 0 Å². The van der Waals surface area contributed by atoms with Crippen LogP contribution in [0.3, 0.4) is 0 Å². The Morgan fingerprint density at radius 1 is 1.18 bits per heavy atom. The molecule has 22 heavy (non-hydrogen) atoms. The summed E-state index contributed by atoms with van der Waals surface area (Å²) in [6.07, 6.45) is 9.66. The average molecular weight is 309 g/mol. The van der Waals surface area contributed by atoms with Crippen LogP contribution in [0.25, 0.3) is 0 Å². The number of Topliss-reactive ketones (excluding diaryl/α,β-unsaturated/α-hetero) is 1. The Balaban J connectivity index is 2.17. The summed E-state index contributed by atoms with van der Waals surface area (Å²) < 4.78 is 5.03. The number of hydrazine groups is 1. The molecule has 1 aromatic heterocycles. The molecule has 0 saturated heterocycles. The number of carbonyl (C=O) groups is 2. The second-order valence-corrected chi connectivity index (χ2v) is 5.62. The van der Waals surface area contributed by atoms with Crippen LogP contribution in [0, 0.1) is 6.92 Å². The third-order valence-electron chi connectivity index (χ3n) is 3.49. The predicted molar refractivity (Wildman–Crippen MR) is 85.1 cm³/mol.